The summed E-state index contributed by atoms with van der Waals surface area (Å²) in [5, 5.41) is 3.39. The van der Waals surface area contributed by atoms with E-state index in [2.05, 4.69) is 37.2 Å². The SMILES string of the molecule is CC(C)N(C(=O)Oc1c(Br)cc(/C=C2\C(=O)Nc3ccc(Cl)cc32)cc1Br)C(C)C. The largest absolute Gasteiger partial charge is 0.415 e. The number of hydrogen-bond acceptors (Lipinski definition) is 3. The monoisotopic (exact) mass is 554 g/mol. The van der Waals surface area contributed by atoms with Crippen LogP contribution < -0.4 is 10.1 Å². The predicted octanol–water partition coefficient (Wildman–Crippen LogP) is 6.98. The van der Waals surface area contributed by atoms with Gasteiger partial charge in [-0.15, -0.1) is 0 Å². The zero-order chi connectivity index (χ0) is 22.2. The van der Waals surface area contributed by atoms with Gasteiger partial charge >= 0.3 is 6.09 Å². The third-order valence-electron chi connectivity index (χ3n) is 4.61. The van der Waals surface area contributed by atoms with Crippen LogP contribution >= 0.6 is 43.5 Å². The molecule has 2 aromatic rings. The van der Waals surface area contributed by atoms with Crippen LogP contribution in [0.2, 0.25) is 5.02 Å². The first kappa shape index (κ1) is 22.8. The molecule has 2 aromatic carbocycles. The van der Waals surface area contributed by atoms with Gasteiger partial charge in [0.15, 0.2) is 5.75 Å². The van der Waals surface area contributed by atoms with E-state index in [9.17, 15) is 9.59 Å². The minimum atomic E-state index is -0.425. The highest BCUT2D eigenvalue weighted by atomic mass is 79.9. The molecule has 2 amide bonds. The Kier molecular flexibility index (Phi) is 6.95. The van der Waals surface area contributed by atoms with Crippen LogP contribution in [-0.2, 0) is 4.79 Å². The summed E-state index contributed by atoms with van der Waals surface area (Å²) < 4.78 is 6.84. The van der Waals surface area contributed by atoms with Gasteiger partial charge in [0, 0.05) is 33.9 Å². The summed E-state index contributed by atoms with van der Waals surface area (Å²) in [7, 11) is 0. The van der Waals surface area contributed by atoms with Crippen molar-refractivity contribution in [2.75, 3.05) is 5.32 Å². The summed E-state index contributed by atoms with van der Waals surface area (Å²) in [6.07, 6.45) is 1.35. The highest BCUT2D eigenvalue weighted by molar-refractivity contribution is 9.11. The van der Waals surface area contributed by atoms with Crippen molar-refractivity contribution in [3.05, 3.63) is 55.4 Å². The van der Waals surface area contributed by atoms with E-state index in [0.29, 0.717) is 25.3 Å². The van der Waals surface area contributed by atoms with Crippen molar-refractivity contribution in [1.29, 1.82) is 0 Å². The molecule has 0 bridgehead atoms. The quantitative estimate of drug-likeness (QED) is 0.414. The number of anilines is 1. The number of hydrogen-bond donors (Lipinski definition) is 1. The van der Waals surface area contributed by atoms with Crippen molar-refractivity contribution in [1.82, 2.24) is 4.90 Å². The lowest BCUT2D eigenvalue weighted by molar-refractivity contribution is -0.110. The predicted molar refractivity (Wildman–Crippen MR) is 128 cm³/mol. The molecule has 1 aliphatic rings. The van der Waals surface area contributed by atoms with Gasteiger partial charge in [0.05, 0.1) is 8.95 Å². The number of benzene rings is 2. The minimum Gasteiger partial charge on any atom is -0.408 e. The molecule has 1 aliphatic heterocycles. The molecule has 0 fully saturated rings. The number of nitrogens with zero attached hydrogens (tertiary/aromatic N) is 1. The molecule has 1 heterocycles. The Morgan fingerprint density at radius 3 is 2.27 bits per heavy atom. The molecule has 5 nitrogen and oxygen atoms in total. The summed E-state index contributed by atoms with van der Waals surface area (Å²) in [6.45, 7) is 7.77. The standard InChI is InChI=1S/C22H21Br2ClN2O3/c1-11(2)27(12(3)4)22(29)30-20-17(23)8-13(9-18(20)24)7-16-15-10-14(25)5-6-19(15)26-21(16)28/h5-12H,1-4H3,(H,26,28)/b16-7-. The minimum absolute atomic E-state index is 0.00632. The van der Waals surface area contributed by atoms with E-state index in [4.69, 9.17) is 16.3 Å². The van der Waals surface area contributed by atoms with Crippen molar-refractivity contribution in [2.45, 2.75) is 39.8 Å². The van der Waals surface area contributed by atoms with Crippen molar-refractivity contribution in [3.8, 4) is 5.75 Å². The van der Waals surface area contributed by atoms with Crippen molar-refractivity contribution in [2.24, 2.45) is 0 Å². The molecule has 1 N–H and O–H groups in total. The highest BCUT2D eigenvalue weighted by Crippen LogP contribution is 2.39. The molecule has 0 saturated heterocycles. The lowest BCUT2D eigenvalue weighted by Crippen LogP contribution is -2.43. The Bertz CT molecular complexity index is 1020. The van der Waals surface area contributed by atoms with Gasteiger partial charge < -0.3 is 15.0 Å². The second-order valence-electron chi connectivity index (χ2n) is 7.48. The number of amides is 2. The van der Waals surface area contributed by atoms with Gasteiger partial charge in [0.1, 0.15) is 0 Å². The van der Waals surface area contributed by atoms with Crippen LogP contribution in [0.3, 0.4) is 0 Å². The third kappa shape index (κ3) is 4.74. The number of rotatable bonds is 4. The fourth-order valence-electron chi connectivity index (χ4n) is 3.39. The van der Waals surface area contributed by atoms with E-state index in [-0.39, 0.29) is 18.0 Å². The zero-order valence-corrected chi connectivity index (χ0v) is 20.9. The second kappa shape index (κ2) is 9.12. The molecule has 0 atom stereocenters. The van der Waals surface area contributed by atoms with Crippen LogP contribution in [0, 0.1) is 0 Å². The van der Waals surface area contributed by atoms with Crippen molar-refractivity contribution >= 4 is 72.8 Å². The number of fused-ring (bicyclic) bond motifs is 1. The first-order chi connectivity index (χ1) is 14.1. The number of ether oxygens (including phenoxy) is 1. The second-order valence-corrected chi connectivity index (χ2v) is 9.62. The molecule has 30 heavy (non-hydrogen) atoms. The van der Waals surface area contributed by atoms with E-state index in [1.807, 2.05) is 27.7 Å². The van der Waals surface area contributed by atoms with Gasteiger partial charge in [-0.2, -0.15) is 0 Å². The maximum Gasteiger partial charge on any atom is 0.415 e. The van der Waals surface area contributed by atoms with E-state index >= 15 is 0 Å². The number of carbonyl (C=O) groups is 2. The molecule has 0 radical (unpaired) electrons. The van der Waals surface area contributed by atoms with Crippen LogP contribution in [0.4, 0.5) is 10.5 Å². The molecular formula is C22H21Br2ClN2O3. The number of nitrogens with one attached hydrogen (secondary N) is 1. The summed E-state index contributed by atoms with van der Waals surface area (Å²) in [6, 6.07) is 8.88. The van der Waals surface area contributed by atoms with Gasteiger partial charge in [0.2, 0.25) is 0 Å². The van der Waals surface area contributed by atoms with Gasteiger partial charge in [-0.05, 0) is 102 Å². The van der Waals surface area contributed by atoms with Crippen LogP contribution in [-0.4, -0.2) is 29.0 Å². The third-order valence-corrected chi connectivity index (χ3v) is 6.02. The molecule has 0 spiro atoms. The Morgan fingerprint density at radius 1 is 1.10 bits per heavy atom. The van der Waals surface area contributed by atoms with E-state index in [1.165, 1.54) is 0 Å². The molecule has 3 rings (SSSR count). The van der Waals surface area contributed by atoms with Crippen LogP contribution in [0.15, 0.2) is 39.3 Å². The maximum absolute atomic E-state index is 12.7. The normalized spacial score (nSPS) is 14.3. The lowest BCUT2D eigenvalue weighted by atomic mass is 10.0. The average molecular weight is 557 g/mol. The number of halogens is 3. The zero-order valence-electron chi connectivity index (χ0n) is 16.9. The Labute approximate surface area is 197 Å². The topological polar surface area (TPSA) is 58.6 Å². The Balaban J connectivity index is 1.93. The van der Waals surface area contributed by atoms with E-state index in [0.717, 1.165) is 16.8 Å². The van der Waals surface area contributed by atoms with E-state index < -0.39 is 6.09 Å². The smallest absolute Gasteiger partial charge is 0.408 e. The molecule has 0 saturated carbocycles. The molecule has 0 aliphatic carbocycles. The van der Waals surface area contributed by atoms with Gasteiger partial charge in [0.25, 0.3) is 5.91 Å². The molecule has 8 heteroatoms. The Hall–Kier alpha value is -1.83. The summed E-state index contributed by atoms with van der Waals surface area (Å²) in [5.41, 5.74) is 2.75. The van der Waals surface area contributed by atoms with Gasteiger partial charge in [-0.3, -0.25) is 4.79 Å². The number of carbonyl (C=O) groups excluding carboxylic acids is 2. The highest BCUT2D eigenvalue weighted by Gasteiger charge is 2.26. The lowest BCUT2D eigenvalue weighted by Gasteiger charge is -2.29. The molecule has 158 valence electrons. The molecule has 0 unspecified atom stereocenters. The van der Waals surface area contributed by atoms with E-state index in [1.54, 1.807) is 41.3 Å². The first-order valence-electron chi connectivity index (χ1n) is 9.40. The maximum atomic E-state index is 12.7. The molecular weight excluding hydrogens is 536 g/mol. The van der Waals surface area contributed by atoms with Crippen LogP contribution in [0.5, 0.6) is 5.75 Å². The molecule has 0 aromatic heterocycles. The summed E-state index contributed by atoms with van der Waals surface area (Å²) in [5.74, 6) is 0.187. The van der Waals surface area contributed by atoms with Gasteiger partial charge in [-0.25, -0.2) is 4.79 Å². The average Bonchev–Trinajstić information content (AvgIpc) is 2.92. The van der Waals surface area contributed by atoms with Crippen molar-refractivity contribution < 1.29 is 14.3 Å². The van der Waals surface area contributed by atoms with Crippen LogP contribution in [0.1, 0.15) is 38.8 Å². The summed E-state index contributed by atoms with van der Waals surface area (Å²) in [4.78, 5) is 26.7. The van der Waals surface area contributed by atoms with Gasteiger partial charge in [-0.1, -0.05) is 11.6 Å². The van der Waals surface area contributed by atoms with Crippen molar-refractivity contribution in [3.63, 3.8) is 0 Å². The Morgan fingerprint density at radius 2 is 1.70 bits per heavy atom. The first-order valence-corrected chi connectivity index (χ1v) is 11.4. The fraction of sp³-hybridized carbons (Fsp3) is 0.273. The fourth-order valence-corrected chi connectivity index (χ4v) is 4.94. The summed E-state index contributed by atoms with van der Waals surface area (Å²) >= 11 is 13.1. The van der Waals surface area contributed by atoms with Crippen LogP contribution in [0.25, 0.3) is 11.6 Å².